The van der Waals surface area contributed by atoms with Gasteiger partial charge in [-0.15, -0.1) is 0 Å². The third kappa shape index (κ3) is 3.95. The number of hydrogen-bond acceptors (Lipinski definition) is 5. The Morgan fingerprint density at radius 3 is 2.37 bits per heavy atom. The van der Waals surface area contributed by atoms with Crippen molar-refractivity contribution >= 4 is 17.7 Å². The van der Waals surface area contributed by atoms with Crippen LogP contribution >= 0.6 is 11.8 Å². The Hall–Kier alpha value is -0.560. The Morgan fingerprint density at radius 1 is 1.47 bits per heavy atom. The minimum atomic E-state index is -0.980. The Morgan fingerprint density at radius 2 is 2.00 bits per heavy atom. The summed E-state index contributed by atoms with van der Waals surface area (Å²) in [5, 5.41) is 20.1. The minimum Gasteiger partial charge on any atom is -0.480 e. The van der Waals surface area contributed by atoms with Crippen LogP contribution in [0.15, 0.2) is 11.6 Å². The van der Waals surface area contributed by atoms with Gasteiger partial charge in [-0.3, -0.25) is 4.79 Å². The monoisotopic (exact) mass is 290 g/mol. The van der Waals surface area contributed by atoms with Crippen LogP contribution in [0.2, 0.25) is 0 Å². The van der Waals surface area contributed by atoms with E-state index in [1.165, 1.54) is 16.8 Å². The lowest BCUT2D eigenvalue weighted by molar-refractivity contribution is -0.185. The molecule has 0 saturated carbocycles. The number of carboxylic acids is 1. The first-order valence-corrected chi connectivity index (χ1v) is 7.02. The van der Waals surface area contributed by atoms with E-state index in [1.807, 2.05) is 33.8 Å². The van der Waals surface area contributed by atoms with E-state index in [0.29, 0.717) is 11.5 Å². The molecule has 1 rings (SSSR count). The van der Waals surface area contributed by atoms with Gasteiger partial charge in [-0.25, -0.2) is 0 Å². The summed E-state index contributed by atoms with van der Waals surface area (Å²) in [7, 11) is 0. The molecule has 4 N–H and O–H groups in total. The molecule has 0 unspecified atom stereocenters. The van der Waals surface area contributed by atoms with Gasteiger partial charge in [0.05, 0.1) is 11.1 Å². The zero-order valence-electron chi connectivity index (χ0n) is 11.3. The summed E-state index contributed by atoms with van der Waals surface area (Å²) in [5.41, 5.74) is 5.72. The number of rotatable bonds is 5. The zero-order valence-corrected chi connectivity index (χ0v) is 12.1. The lowest BCUT2D eigenvalue weighted by atomic mass is 9.98. The number of nitrogens with zero attached hydrogens (tertiary/aromatic N) is 1. The fourth-order valence-electron chi connectivity index (χ4n) is 2.11. The van der Waals surface area contributed by atoms with Gasteiger partial charge >= 0.3 is 5.97 Å². The van der Waals surface area contributed by atoms with Gasteiger partial charge in [0.1, 0.15) is 6.04 Å². The van der Waals surface area contributed by atoms with Crippen molar-refractivity contribution in [2.75, 3.05) is 11.5 Å². The van der Waals surface area contributed by atoms with Gasteiger partial charge in [0.15, 0.2) is 0 Å². The molecule has 0 saturated heterocycles. The predicted octanol–water partition coefficient (Wildman–Crippen LogP) is 1.96. The Kier molecular flexibility index (Phi) is 6.08. The zero-order chi connectivity index (χ0) is 14.1. The smallest absolute Gasteiger partial charge is 0.321 e. The van der Waals surface area contributed by atoms with Crippen molar-refractivity contribution < 1.29 is 15.1 Å². The highest BCUT2D eigenvalue weighted by atomic mass is 32.2. The number of carboxylic acid groups (broad SMARTS) is 1. The molecule has 0 aromatic heterocycles. The van der Waals surface area contributed by atoms with E-state index in [1.54, 1.807) is 0 Å². The van der Waals surface area contributed by atoms with Crippen LogP contribution in [-0.4, -0.2) is 50.0 Å². The van der Waals surface area contributed by atoms with Crippen LogP contribution in [0.4, 0.5) is 0 Å². The summed E-state index contributed by atoms with van der Waals surface area (Å²) in [6.07, 6.45) is 2.03. The van der Waals surface area contributed by atoms with Gasteiger partial charge in [0.2, 0.25) is 0 Å². The lowest BCUT2D eigenvalue weighted by Crippen LogP contribution is -2.48. The van der Waals surface area contributed by atoms with E-state index in [-0.39, 0.29) is 7.43 Å². The molecule has 0 amide bonds. The highest BCUT2D eigenvalue weighted by Crippen LogP contribution is 2.39. The van der Waals surface area contributed by atoms with Gasteiger partial charge in [0.25, 0.3) is 0 Å². The summed E-state index contributed by atoms with van der Waals surface area (Å²) in [6, 6.07) is -0.835. The fourth-order valence-corrected chi connectivity index (χ4v) is 3.28. The van der Waals surface area contributed by atoms with Crippen LogP contribution in [0.25, 0.3) is 0 Å². The van der Waals surface area contributed by atoms with Crippen LogP contribution in [0.1, 0.15) is 35.1 Å². The molecule has 0 aliphatic carbocycles. The second-order valence-electron chi connectivity index (χ2n) is 5.65. The first-order valence-electron chi connectivity index (χ1n) is 5.86. The molecule has 6 heteroatoms. The molecule has 0 spiro atoms. The molecule has 5 nitrogen and oxygen atoms in total. The number of nitrogens with two attached hydrogens (primary N) is 1. The van der Waals surface area contributed by atoms with Crippen molar-refractivity contribution in [3.8, 4) is 0 Å². The SMILES string of the molecule is C.CC1(C)C=C(CSC[C@H](N)C(=O)O)C(C)(C)N1O. The topological polar surface area (TPSA) is 86.8 Å². The molecular formula is C13H26N2O3S. The van der Waals surface area contributed by atoms with Crippen molar-refractivity contribution in [2.45, 2.75) is 52.2 Å². The van der Waals surface area contributed by atoms with Crippen molar-refractivity contribution in [1.82, 2.24) is 5.06 Å². The van der Waals surface area contributed by atoms with E-state index >= 15 is 0 Å². The van der Waals surface area contributed by atoms with Crippen LogP contribution in [-0.2, 0) is 4.79 Å². The van der Waals surface area contributed by atoms with E-state index in [4.69, 9.17) is 10.8 Å². The maximum absolute atomic E-state index is 10.6. The lowest BCUT2D eigenvalue weighted by Gasteiger charge is -2.36. The van der Waals surface area contributed by atoms with Crippen molar-refractivity contribution in [1.29, 1.82) is 0 Å². The third-order valence-electron chi connectivity index (χ3n) is 3.26. The van der Waals surface area contributed by atoms with Gasteiger partial charge in [-0.2, -0.15) is 16.8 Å². The molecule has 1 aliphatic heterocycles. The predicted molar refractivity (Wildman–Crippen MR) is 79.5 cm³/mol. The normalized spacial score (nSPS) is 22.5. The van der Waals surface area contributed by atoms with Crippen LogP contribution in [0.3, 0.4) is 0 Å². The average Bonchev–Trinajstić information content (AvgIpc) is 2.39. The molecule has 112 valence electrons. The molecule has 0 aromatic carbocycles. The number of thioether (sulfide) groups is 1. The summed E-state index contributed by atoms with van der Waals surface area (Å²) in [6.45, 7) is 7.78. The van der Waals surface area contributed by atoms with Crippen LogP contribution in [0.5, 0.6) is 0 Å². The van der Waals surface area contributed by atoms with Crippen LogP contribution < -0.4 is 5.73 Å². The van der Waals surface area contributed by atoms with Gasteiger partial charge in [-0.05, 0) is 33.3 Å². The summed E-state index contributed by atoms with van der Waals surface area (Å²) < 4.78 is 0. The largest absolute Gasteiger partial charge is 0.480 e. The van der Waals surface area contributed by atoms with E-state index in [0.717, 1.165) is 5.57 Å². The standard InChI is InChI=1S/C12H22N2O3S.CH4/c1-11(2)5-8(12(3,4)14(11)17)6-18-7-9(13)10(15)16;/h5,9,17H,6-7,13H2,1-4H3,(H,15,16);1H4/t9-;/m0./s1. The van der Waals surface area contributed by atoms with Gasteiger partial charge in [0, 0.05) is 11.5 Å². The van der Waals surface area contributed by atoms with Crippen molar-refractivity contribution in [3.63, 3.8) is 0 Å². The highest BCUT2D eigenvalue weighted by Gasteiger charge is 2.44. The molecule has 0 bridgehead atoms. The summed E-state index contributed by atoms with van der Waals surface area (Å²) in [5.74, 6) is 0.0644. The molecule has 1 aliphatic rings. The first-order chi connectivity index (χ1) is 8.09. The molecular weight excluding hydrogens is 264 g/mol. The molecule has 19 heavy (non-hydrogen) atoms. The summed E-state index contributed by atoms with van der Waals surface area (Å²) >= 11 is 1.48. The van der Waals surface area contributed by atoms with Gasteiger partial charge < -0.3 is 16.0 Å². The molecule has 0 fully saturated rings. The fraction of sp³-hybridized carbons (Fsp3) is 0.769. The molecule has 0 radical (unpaired) electrons. The average molecular weight is 290 g/mol. The van der Waals surface area contributed by atoms with E-state index in [9.17, 15) is 10.0 Å². The van der Waals surface area contributed by atoms with Crippen molar-refractivity contribution in [3.05, 3.63) is 11.6 Å². The first kappa shape index (κ1) is 18.4. The molecule has 0 aromatic rings. The number of hydrogen-bond donors (Lipinski definition) is 3. The van der Waals surface area contributed by atoms with E-state index < -0.39 is 23.1 Å². The van der Waals surface area contributed by atoms with Gasteiger partial charge in [-0.1, -0.05) is 13.5 Å². The van der Waals surface area contributed by atoms with E-state index in [2.05, 4.69) is 0 Å². The highest BCUT2D eigenvalue weighted by molar-refractivity contribution is 7.99. The molecule has 1 heterocycles. The number of aliphatic carboxylic acids is 1. The maximum atomic E-state index is 10.6. The maximum Gasteiger partial charge on any atom is 0.321 e. The van der Waals surface area contributed by atoms with Crippen LogP contribution in [0, 0.1) is 0 Å². The van der Waals surface area contributed by atoms with Crippen molar-refractivity contribution in [2.24, 2.45) is 5.73 Å². The Balaban J connectivity index is 0.00000324. The molecule has 1 atom stereocenters. The summed E-state index contributed by atoms with van der Waals surface area (Å²) in [4.78, 5) is 10.6. The minimum absolute atomic E-state index is 0. The Labute approximate surface area is 119 Å². The second kappa shape index (κ2) is 6.26. The Bertz CT molecular complexity index is 367. The quantitative estimate of drug-likeness (QED) is 0.671. The third-order valence-corrected chi connectivity index (χ3v) is 4.37. The number of hydroxylamine groups is 2. The number of carbonyl (C=O) groups is 1. The second-order valence-corrected chi connectivity index (χ2v) is 6.68.